The first kappa shape index (κ1) is 11.9. The van der Waals surface area contributed by atoms with E-state index in [0.29, 0.717) is 30.0 Å². The van der Waals surface area contributed by atoms with Crippen molar-refractivity contribution in [2.45, 2.75) is 46.1 Å². The molecule has 0 unspecified atom stereocenters. The van der Waals surface area contributed by atoms with E-state index in [9.17, 15) is 9.59 Å². The van der Waals surface area contributed by atoms with Gasteiger partial charge in [0.25, 0.3) is 0 Å². The Balaban J connectivity index is 1.98. The van der Waals surface area contributed by atoms with Gasteiger partial charge in [-0.3, -0.25) is 9.59 Å². The Bertz CT molecular complexity index is 449. The molecule has 0 amide bonds. The van der Waals surface area contributed by atoms with Gasteiger partial charge in [-0.1, -0.05) is 19.4 Å². The number of esters is 1. The zero-order valence-electron chi connectivity index (χ0n) is 11.2. The fourth-order valence-corrected chi connectivity index (χ4v) is 4.04. The maximum Gasteiger partial charge on any atom is 0.309 e. The van der Waals surface area contributed by atoms with Crippen molar-refractivity contribution in [3.63, 3.8) is 0 Å². The molecule has 0 aromatic heterocycles. The number of allylic oxidation sites excluding steroid dienone is 1. The summed E-state index contributed by atoms with van der Waals surface area (Å²) in [5.41, 5.74) is 2.21. The highest BCUT2D eigenvalue weighted by molar-refractivity contribution is 5.99. The molecule has 1 heterocycles. The zero-order chi connectivity index (χ0) is 13.0. The molecular formula is C15H20O3. The van der Waals surface area contributed by atoms with Crippen LogP contribution in [-0.4, -0.2) is 17.9 Å². The second-order valence-electron chi connectivity index (χ2n) is 6.27. The third-order valence-corrected chi connectivity index (χ3v) is 5.12. The van der Waals surface area contributed by atoms with Gasteiger partial charge in [0, 0.05) is 18.8 Å². The number of hydrogen-bond acceptors (Lipinski definition) is 3. The maximum atomic E-state index is 12.1. The van der Waals surface area contributed by atoms with Crippen molar-refractivity contribution in [2.24, 2.45) is 23.7 Å². The molecule has 0 N–H and O–H groups in total. The minimum absolute atomic E-state index is 0.00519. The zero-order valence-corrected chi connectivity index (χ0v) is 11.2. The van der Waals surface area contributed by atoms with Gasteiger partial charge in [-0.05, 0) is 30.8 Å². The summed E-state index contributed by atoms with van der Waals surface area (Å²) < 4.78 is 5.48. The summed E-state index contributed by atoms with van der Waals surface area (Å²) in [6, 6.07) is 0. The van der Waals surface area contributed by atoms with Crippen LogP contribution in [0.4, 0.5) is 0 Å². The molecule has 2 aliphatic carbocycles. The number of ether oxygens (including phenoxy) is 1. The van der Waals surface area contributed by atoms with Crippen LogP contribution in [0.3, 0.4) is 0 Å². The molecule has 3 aliphatic rings. The number of rotatable bonds is 0. The molecule has 0 bridgehead atoms. The van der Waals surface area contributed by atoms with Crippen LogP contribution < -0.4 is 0 Å². The normalized spacial score (nSPS) is 43.6. The molecule has 3 nitrogen and oxygen atoms in total. The van der Waals surface area contributed by atoms with Crippen LogP contribution in [0, 0.1) is 23.7 Å². The monoisotopic (exact) mass is 248 g/mol. The summed E-state index contributed by atoms with van der Waals surface area (Å²) in [5.74, 6) is 1.32. The van der Waals surface area contributed by atoms with Gasteiger partial charge in [0.1, 0.15) is 6.10 Å². The molecule has 3 rings (SSSR count). The molecule has 98 valence electrons. The number of carbonyl (C=O) groups excluding carboxylic acids is 2. The summed E-state index contributed by atoms with van der Waals surface area (Å²) in [6.45, 7) is 6.16. The third kappa shape index (κ3) is 1.56. The minimum Gasteiger partial charge on any atom is -0.461 e. The minimum atomic E-state index is -0.0572. The summed E-state index contributed by atoms with van der Waals surface area (Å²) >= 11 is 0. The molecule has 5 atom stereocenters. The topological polar surface area (TPSA) is 43.4 Å². The van der Waals surface area contributed by atoms with Crippen LogP contribution in [0.25, 0.3) is 0 Å². The third-order valence-electron chi connectivity index (χ3n) is 5.12. The van der Waals surface area contributed by atoms with E-state index in [1.807, 2.05) is 13.8 Å². The summed E-state index contributed by atoms with van der Waals surface area (Å²) in [6.07, 6.45) is 2.38. The maximum absolute atomic E-state index is 12.1. The quantitative estimate of drug-likeness (QED) is 0.619. The van der Waals surface area contributed by atoms with E-state index in [0.717, 1.165) is 24.0 Å². The highest BCUT2D eigenvalue weighted by Crippen LogP contribution is 2.48. The molecule has 18 heavy (non-hydrogen) atoms. The van der Waals surface area contributed by atoms with Gasteiger partial charge >= 0.3 is 5.97 Å². The van der Waals surface area contributed by atoms with E-state index in [2.05, 4.69) is 6.92 Å². The largest absolute Gasteiger partial charge is 0.461 e. The van der Waals surface area contributed by atoms with Gasteiger partial charge in [-0.15, -0.1) is 0 Å². The van der Waals surface area contributed by atoms with Crippen molar-refractivity contribution in [1.29, 1.82) is 0 Å². The molecule has 1 saturated carbocycles. The van der Waals surface area contributed by atoms with Gasteiger partial charge in [0.05, 0.1) is 5.92 Å². The van der Waals surface area contributed by atoms with Gasteiger partial charge in [-0.2, -0.15) is 0 Å². The van der Waals surface area contributed by atoms with Crippen LogP contribution in [0.1, 0.15) is 40.0 Å². The van der Waals surface area contributed by atoms with Crippen LogP contribution in [0.5, 0.6) is 0 Å². The summed E-state index contributed by atoms with van der Waals surface area (Å²) in [7, 11) is 0. The lowest BCUT2D eigenvalue weighted by atomic mass is 9.81. The van der Waals surface area contributed by atoms with Gasteiger partial charge < -0.3 is 4.74 Å². The smallest absolute Gasteiger partial charge is 0.309 e. The van der Waals surface area contributed by atoms with Crippen LogP contribution in [-0.2, 0) is 14.3 Å². The molecule has 0 aromatic rings. The van der Waals surface area contributed by atoms with Crippen LogP contribution >= 0.6 is 0 Å². The molecule has 1 saturated heterocycles. The van der Waals surface area contributed by atoms with Gasteiger partial charge in [0.2, 0.25) is 0 Å². The molecule has 3 heteroatoms. The molecule has 1 aliphatic heterocycles. The number of Topliss-reactive ketones (excluding diaryl/α,β-unsaturated/α-hetero) is 1. The molecular weight excluding hydrogens is 228 g/mol. The lowest BCUT2D eigenvalue weighted by Crippen LogP contribution is -2.21. The van der Waals surface area contributed by atoms with Gasteiger partial charge in [0.15, 0.2) is 5.78 Å². The van der Waals surface area contributed by atoms with E-state index in [1.165, 1.54) is 0 Å². The molecule has 2 fully saturated rings. The van der Waals surface area contributed by atoms with Crippen molar-refractivity contribution in [3.8, 4) is 0 Å². The van der Waals surface area contributed by atoms with Crippen molar-refractivity contribution in [3.05, 3.63) is 11.1 Å². The molecule has 0 radical (unpaired) electrons. The molecule has 0 aromatic carbocycles. The highest BCUT2D eigenvalue weighted by Gasteiger charge is 2.48. The average Bonchev–Trinajstić information content (AvgIpc) is 2.65. The van der Waals surface area contributed by atoms with Crippen molar-refractivity contribution in [1.82, 2.24) is 0 Å². The Kier molecular flexibility index (Phi) is 2.61. The Morgan fingerprint density at radius 2 is 1.89 bits per heavy atom. The van der Waals surface area contributed by atoms with Crippen molar-refractivity contribution in [2.75, 3.05) is 0 Å². The molecule has 0 spiro atoms. The SMILES string of the molecule is CC1=C2C(=O)C[C@H](C)[C@@H]2C[C@@H]2[C@H](C)C(=O)O[C@@H]2C1. The number of ketones is 1. The van der Waals surface area contributed by atoms with Crippen LogP contribution in [0.2, 0.25) is 0 Å². The Labute approximate surface area is 108 Å². The van der Waals surface area contributed by atoms with Crippen molar-refractivity contribution >= 4 is 11.8 Å². The van der Waals surface area contributed by atoms with E-state index in [-0.39, 0.29) is 18.0 Å². The lowest BCUT2D eigenvalue weighted by Gasteiger charge is -2.21. The Hall–Kier alpha value is -1.12. The van der Waals surface area contributed by atoms with Crippen LogP contribution in [0.15, 0.2) is 11.1 Å². The van der Waals surface area contributed by atoms with Gasteiger partial charge in [-0.25, -0.2) is 0 Å². The van der Waals surface area contributed by atoms with E-state index < -0.39 is 0 Å². The second-order valence-corrected chi connectivity index (χ2v) is 6.27. The fraction of sp³-hybridized carbons (Fsp3) is 0.733. The Morgan fingerprint density at radius 1 is 1.17 bits per heavy atom. The second kappa shape index (κ2) is 3.94. The number of fused-ring (bicyclic) bond motifs is 2. The first-order chi connectivity index (χ1) is 8.49. The number of hydrogen-bond donors (Lipinski definition) is 0. The van der Waals surface area contributed by atoms with E-state index in [4.69, 9.17) is 4.74 Å². The summed E-state index contributed by atoms with van der Waals surface area (Å²) in [4.78, 5) is 23.8. The fourth-order valence-electron chi connectivity index (χ4n) is 4.04. The standard InChI is InChI=1S/C15H20O3/c1-7-4-12(16)14-8(2)5-13-11(6-10(7)14)9(3)15(17)18-13/h7,9-11,13H,4-6H2,1-3H3/t7-,9-,10-,11+,13+/m0/s1. The average molecular weight is 248 g/mol. The van der Waals surface area contributed by atoms with Crippen molar-refractivity contribution < 1.29 is 14.3 Å². The van der Waals surface area contributed by atoms with E-state index in [1.54, 1.807) is 0 Å². The first-order valence-electron chi connectivity index (χ1n) is 6.92. The van der Waals surface area contributed by atoms with E-state index >= 15 is 0 Å². The number of carbonyl (C=O) groups is 2. The highest BCUT2D eigenvalue weighted by atomic mass is 16.6. The predicted molar refractivity (Wildman–Crippen MR) is 66.7 cm³/mol. The predicted octanol–water partition coefficient (Wildman–Crippen LogP) is 2.50. The summed E-state index contributed by atoms with van der Waals surface area (Å²) in [5, 5.41) is 0. The first-order valence-corrected chi connectivity index (χ1v) is 6.92. The Morgan fingerprint density at radius 3 is 2.61 bits per heavy atom. The lowest BCUT2D eigenvalue weighted by molar-refractivity contribution is -0.143.